The Labute approximate surface area is 246 Å². The molecule has 0 aliphatic rings. The zero-order chi connectivity index (χ0) is 31.6. The molecular formula is C39H28N2. The number of benzene rings is 7. The minimum atomic E-state index is -2.91. The quantitative estimate of drug-likeness (QED) is 0.207. The number of fused-ring (bicyclic) bond motifs is 4. The molecule has 0 aliphatic carbocycles. The average molecular weight is 530 g/mol. The molecule has 8 rings (SSSR count). The third-order valence-electron chi connectivity index (χ3n) is 8.04. The van der Waals surface area contributed by atoms with Gasteiger partial charge in [0.15, 0.2) is 0 Å². The fourth-order valence-electron chi connectivity index (χ4n) is 6.27. The maximum Gasteiger partial charge on any atom is 0.114 e. The van der Waals surface area contributed by atoms with E-state index >= 15 is 0 Å². The van der Waals surface area contributed by atoms with E-state index in [0.29, 0.717) is 16.7 Å². The van der Waals surface area contributed by atoms with E-state index in [2.05, 4.69) is 102 Å². The van der Waals surface area contributed by atoms with Crippen molar-refractivity contribution in [2.24, 2.45) is 0 Å². The zero-order valence-corrected chi connectivity index (χ0v) is 22.2. The Bertz CT molecular complexity index is 2400. The van der Waals surface area contributed by atoms with Gasteiger partial charge in [0.2, 0.25) is 0 Å². The summed E-state index contributed by atoms with van der Waals surface area (Å²) in [5.41, 5.74) is 6.13. The average Bonchev–Trinajstić information content (AvgIpc) is 3.47. The van der Waals surface area contributed by atoms with Crippen molar-refractivity contribution in [2.45, 2.75) is 13.2 Å². The largest absolute Gasteiger partial charge is 0.296 e. The molecule has 0 spiro atoms. The molecule has 1 aromatic heterocycles. The third kappa shape index (κ3) is 3.76. The van der Waals surface area contributed by atoms with E-state index in [4.69, 9.17) is 6.85 Å². The predicted octanol–water partition coefficient (Wildman–Crippen LogP) is 10.4. The maximum atomic E-state index is 8.65. The van der Waals surface area contributed by atoms with Crippen LogP contribution in [0.2, 0.25) is 0 Å². The topological polar surface area (TPSA) is 17.8 Å². The van der Waals surface area contributed by atoms with Crippen molar-refractivity contribution >= 4 is 43.4 Å². The van der Waals surface area contributed by atoms with Crippen molar-refractivity contribution in [3.63, 3.8) is 0 Å². The Balaban J connectivity index is 1.41. The van der Waals surface area contributed by atoms with Gasteiger partial charge in [-0.1, -0.05) is 116 Å². The highest BCUT2D eigenvalue weighted by molar-refractivity contribution is 6.21. The van der Waals surface area contributed by atoms with Crippen molar-refractivity contribution < 1.29 is 6.85 Å². The standard InChI is InChI=1S/C39H28N2/c1-2-37-40-35-20-9-10-21-36(35)41(37)30-15-11-14-28(25-30)38-31-16-5-7-18-33(31)39(34-19-8-6-17-32(34)38)29-23-22-26-12-3-4-13-27(26)24-29/h3-25H,2H2,1H3/i1D3,2D2. The van der Waals surface area contributed by atoms with Crippen molar-refractivity contribution in [1.29, 1.82) is 0 Å². The van der Waals surface area contributed by atoms with Crippen LogP contribution in [0.3, 0.4) is 0 Å². The molecule has 7 aromatic carbocycles. The lowest BCUT2D eigenvalue weighted by molar-refractivity contribution is 0.908. The summed E-state index contributed by atoms with van der Waals surface area (Å²) in [4.78, 5) is 4.52. The van der Waals surface area contributed by atoms with E-state index in [1.165, 1.54) is 16.3 Å². The lowest BCUT2D eigenvalue weighted by Crippen LogP contribution is -2.00. The Kier molecular flexibility index (Phi) is 4.38. The molecule has 0 fully saturated rings. The molecule has 0 radical (unpaired) electrons. The first-order chi connectivity index (χ1) is 22.2. The highest BCUT2D eigenvalue weighted by Crippen LogP contribution is 2.44. The number of nitrogens with zero attached hydrogens (tertiary/aromatic N) is 2. The molecule has 8 aromatic rings. The summed E-state index contributed by atoms with van der Waals surface area (Å²) in [5.74, 6) is -0.146. The Morgan fingerprint density at radius 1 is 0.585 bits per heavy atom. The van der Waals surface area contributed by atoms with E-state index in [-0.39, 0.29) is 5.82 Å². The van der Waals surface area contributed by atoms with E-state index in [1.807, 2.05) is 36.4 Å². The third-order valence-corrected chi connectivity index (χ3v) is 8.04. The van der Waals surface area contributed by atoms with Crippen LogP contribution >= 0.6 is 0 Å². The van der Waals surface area contributed by atoms with E-state index < -0.39 is 13.2 Å². The summed E-state index contributed by atoms with van der Waals surface area (Å²) in [7, 11) is 0. The van der Waals surface area contributed by atoms with Crippen LogP contribution in [-0.4, -0.2) is 9.55 Å². The molecule has 2 nitrogen and oxygen atoms in total. The van der Waals surface area contributed by atoms with Crippen LogP contribution in [0, 0.1) is 0 Å². The summed E-state index contributed by atoms with van der Waals surface area (Å²) in [6.07, 6.45) is -2.68. The molecule has 0 bridgehead atoms. The smallest absolute Gasteiger partial charge is 0.114 e. The lowest BCUT2D eigenvalue weighted by atomic mass is 9.85. The minimum absolute atomic E-state index is 0.146. The SMILES string of the molecule is [2H]C([2H])([2H])C([2H])([2H])c1nc2ccccc2n1-c1cccc(-c2c3ccccc3c(-c3ccc4ccccc4c3)c3ccccc23)c1. The molecule has 0 unspecified atom stereocenters. The van der Waals surface area contributed by atoms with E-state index in [1.54, 1.807) is 10.6 Å². The van der Waals surface area contributed by atoms with E-state index in [9.17, 15) is 0 Å². The van der Waals surface area contributed by atoms with Gasteiger partial charge < -0.3 is 0 Å². The molecule has 41 heavy (non-hydrogen) atoms. The van der Waals surface area contributed by atoms with Crippen molar-refractivity contribution in [2.75, 3.05) is 0 Å². The molecule has 0 amide bonds. The molecule has 2 heteroatoms. The van der Waals surface area contributed by atoms with Gasteiger partial charge in [-0.15, -0.1) is 0 Å². The molecule has 0 N–H and O–H groups in total. The minimum Gasteiger partial charge on any atom is -0.296 e. The number of aryl methyl sites for hydroxylation is 1. The number of para-hydroxylation sites is 2. The number of rotatable bonds is 4. The van der Waals surface area contributed by atoms with Crippen molar-refractivity contribution in [3.8, 4) is 27.9 Å². The number of hydrogen-bond acceptors (Lipinski definition) is 1. The molecule has 0 atom stereocenters. The van der Waals surface area contributed by atoms with Gasteiger partial charge in [-0.25, -0.2) is 4.98 Å². The molecule has 0 saturated heterocycles. The second kappa shape index (κ2) is 9.46. The van der Waals surface area contributed by atoms with Crippen LogP contribution in [-0.2, 0) is 6.37 Å². The highest BCUT2D eigenvalue weighted by Gasteiger charge is 2.18. The molecular weight excluding hydrogens is 496 g/mol. The molecule has 1 heterocycles. The second-order valence-corrected chi connectivity index (χ2v) is 10.3. The van der Waals surface area contributed by atoms with Crippen LogP contribution in [0.4, 0.5) is 0 Å². The van der Waals surface area contributed by atoms with Gasteiger partial charge in [-0.05, 0) is 84.9 Å². The molecule has 194 valence electrons. The number of hydrogen-bond donors (Lipinski definition) is 0. The molecule has 0 aliphatic heterocycles. The number of aromatic nitrogens is 2. The van der Waals surface area contributed by atoms with Gasteiger partial charge in [-0.2, -0.15) is 0 Å². The summed E-state index contributed by atoms with van der Waals surface area (Å²) >= 11 is 0. The number of imidazole rings is 1. The lowest BCUT2D eigenvalue weighted by Gasteiger charge is -2.19. The zero-order valence-electron chi connectivity index (χ0n) is 27.2. The monoisotopic (exact) mass is 529 g/mol. The predicted molar refractivity (Wildman–Crippen MR) is 174 cm³/mol. The van der Waals surface area contributed by atoms with Gasteiger partial charge in [-0.3, -0.25) is 4.57 Å². The van der Waals surface area contributed by atoms with Crippen LogP contribution in [0.5, 0.6) is 0 Å². The van der Waals surface area contributed by atoms with E-state index in [0.717, 1.165) is 38.2 Å². The Morgan fingerprint density at radius 3 is 1.90 bits per heavy atom. The van der Waals surface area contributed by atoms with Crippen LogP contribution in [0.15, 0.2) is 140 Å². The van der Waals surface area contributed by atoms with Gasteiger partial charge >= 0.3 is 0 Å². The fraction of sp³-hybridized carbons (Fsp3) is 0.0513. The summed E-state index contributed by atoms with van der Waals surface area (Å²) in [5, 5.41) is 6.83. The Morgan fingerprint density at radius 2 is 1.20 bits per heavy atom. The van der Waals surface area contributed by atoms with Crippen molar-refractivity contribution in [1.82, 2.24) is 9.55 Å². The van der Waals surface area contributed by atoms with Crippen molar-refractivity contribution in [3.05, 3.63) is 145 Å². The van der Waals surface area contributed by atoms with Gasteiger partial charge in [0, 0.05) is 18.9 Å². The van der Waals surface area contributed by atoms with Gasteiger partial charge in [0.05, 0.1) is 11.0 Å². The van der Waals surface area contributed by atoms with Gasteiger partial charge in [0.1, 0.15) is 5.82 Å². The first-order valence-corrected chi connectivity index (χ1v) is 13.7. The highest BCUT2D eigenvalue weighted by atomic mass is 15.1. The summed E-state index contributed by atoms with van der Waals surface area (Å²) < 4.78 is 43.0. The maximum absolute atomic E-state index is 8.65. The normalized spacial score (nSPS) is 14.1. The van der Waals surface area contributed by atoms with Crippen LogP contribution in [0.1, 0.15) is 19.5 Å². The molecule has 0 saturated carbocycles. The Hall–Kier alpha value is -5.21. The second-order valence-electron chi connectivity index (χ2n) is 10.3. The first kappa shape index (κ1) is 19.0. The summed E-state index contributed by atoms with van der Waals surface area (Å²) in [6.45, 7) is -2.91. The first-order valence-electron chi connectivity index (χ1n) is 16.2. The van der Waals surface area contributed by atoms with Crippen LogP contribution < -0.4 is 0 Å². The fourth-order valence-corrected chi connectivity index (χ4v) is 6.27. The van der Waals surface area contributed by atoms with Crippen LogP contribution in [0.25, 0.3) is 71.3 Å². The van der Waals surface area contributed by atoms with Gasteiger partial charge in [0.25, 0.3) is 0 Å². The summed E-state index contributed by atoms with van der Waals surface area (Å²) in [6, 6.07) is 47.1.